The average molecular weight is 366 g/mol. The van der Waals surface area contributed by atoms with Crippen molar-refractivity contribution in [2.24, 2.45) is 0 Å². The van der Waals surface area contributed by atoms with Gasteiger partial charge in [0.1, 0.15) is 11.5 Å². The van der Waals surface area contributed by atoms with Gasteiger partial charge in [-0.15, -0.1) is 0 Å². The summed E-state index contributed by atoms with van der Waals surface area (Å²) in [4.78, 5) is 12.5. The summed E-state index contributed by atoms with van der Waals surface area (Å²) < 4.78 is 24.7. The van der Waals surface area contributed by atoms with Gasteiger partial charge in [0.05, 0.1) is 27.7 Å². The first-order valence-corrected chi connectivity index (χ1v) is 9.40. The van der Waals surface area contributed by atoms with Gasteiger partial charge < -0.3 is 14.6 Å². The molecule has 130 valence electrons. The first kappa shape index (κ1) is 15.4. The van der Waals surface area contributed by atoms with E-state index in [1.807, 2.05) is 18.2 Å². The van der Waals surface area contributed by atoms with E-state index in [0.717, 1.165) is 5.39 Å². The number of phenolic OH excluding ortho intramolecular Hbond substituents is 1. The van der Waals surface area contributed by atoms with Gasteiger partial charge in [-0.1, -0.05) is 42.5 Å². The highest BCUT2D eigenvalue weighted by atomic mass is 32.2. The van der Waals surface area contributed by atoms with Gasteiger partial charge in [-0.3, -0.25) is 4.79 Å². The third kappa shape index (κ3) is 2.08. The Balaban J connectivity index is 1.82. The molecule has 1 saturated heterocycles. The van der Waals surface area contributed by atoms with Crippen molar-refractivity contribution in [2.75, 3.05) is 0 Å². The molecule has 3 aromatic rings. The van der Waals surface area contributed by atoms with Gasteiger partial charge in [-0.2, -0.15) is 0 Å². The minimum atomic E-state index is -1.64. The molecule has 1 N–H and O–H groups in total. The van der Waals surface area contributed by atoms with Crippen LogP contribution >= 0.6 is 0 Å². The lowest BCUT2D eigenvalue weighted by Gasteiger charge is -2.16. The van der Waals surface area contributed by atoms with E-state index in [4.69, 9.17) is 9.47 Å². The highest BCUT2D eigenvalue weighted by molar-refractivity contribution is 7.85. The van der Waals surface area contributed by atoms with E-state index in [0.29, 0.717) is 21.6 Å². The van der Waals surface area contributed by atoms with E-state index >= 15 is 0 Å². The number of ether oxygens (including phenoxy) is 2. The van der Waals surface area contributed by atoms with E-state index in [9.17, 15) is 14.1 Å². The Hall–Kier alpha value is -2.86. The lowest BCUT2D eigenvalue weighted by Crippen LogP contribution is -2.12. The van der Waals surface area contributed by atoms with Gasteiger partial charge in [0.2, 0.25) is 0 Å². The standard InChI is InChI=1S/C20H14O5S/c21-15-10-14-19(25-15)16-18(24-14)13-9-5-4-8-12(13)17(22)20(16)26(23)11-6-2-1-3-7-11/h1-9,14,19,22H,10H2/t14-,19+,26-/m1/s1. The van der Waals surface area contributed by atoms with E-state index in [-0.39, 0.29) is 23.0 Å². The van der Waals surface area contributed by atoms with Gasteiger partial charge in [0, 0.05) is 15.7 Å². The smallest absolute Gasteiger partial charge is 0.310 e. The monoisotopic (exact) mass is 366 g/mol. The lowest BCUT2D eigenvalue weighted by molar-refractivity contribution is -0.141. The molecular formula is C20H14O5S. The van der Waals surface area contributed by atoms with Crippen LogP contribution in [0.3, 0.4) is 0 Å². The van der Waals surface area contributed by atoms with Crippen LogP contribution in [0.15, 0.2) is 64.4 Å². The molecule has 0 radical (unpaired) electrons. The molecule has 0 spiro atoms. The van der Waals surface area contributed by atoms with E-state index in [1.165, 1.54) is 0 Å². The van der Waals surface area contributed by atoms with Crippen LogP contribution in [0.25, 0.3) is 10.8 Å². The van der Waals surface area contributed by atoms with Crippen LogP contribution in [0.1, 0.15) is 18.1 Å². The summed E-state index contributed by atoms with van der Waals surface area (Å²) in [7, 11) is -1.64. The molecule has 6 heteroatoms. The Morgan fingerprint density at radius 2 is 1.65 bits per heavy atom. The molecule has 3 aromatic carbocycles. The van der Waals surface area contributed by atoms with Crippen molar-refractivity contribution in [3.63, 3.8) is 0 Å². The molecule has 0 aromatic heterocycles. The van der Waals surface area contributed by atoms with Crippen LogP contribution in [0.2, 0.25) is 0 Å². The Bertz CT molecular complexity index is 1080. The zero-order valence-corrected chi connectivity index (χ0v) is 14.4. The maximum Gasteiger partial charge on any atom is 0.310 e. The summed E-state index contributed by atoms with van der Waals surface area (Å²) in [6.45, 7) is 0. The van der Waals surface area contributed by atoms with Crippen molar-refractivity contribution in [1.82, 2.24) is 0 Å². The van der Waals surface area contributed by atoms with Gasteiger partial charge in [0.25, 0.3) is 0 Å². The number of rotatable bonds is 2. The molecule has 0 amide bonds. The largest absolute Gasteiger partial charge is 0.506 e. The van der Waals surface area contributed by atoms with Crippen molar-refractivity contribution >= 4 is 27.5 Å². The van der Waals surface area contributed by atoms with Crippen LogP contribution in [0, 0.1) is 0 Å². The zero-order chi connectivity index (χ0) is 17.8. The fraction of sp³-hybridized carbons (Fsp3) is 0.150. The van der Waals surface area contributed by atoms with E-state index in [2.05, 4.69) is 0 Å². The highest BCUT2D eigenvalue weighted by Crippen LogP contribution is 2.53. The summed E-state index contributed by atoms with van der Waals surface area (Å²) in [5.74, 6) is 0.128. The van der Waals surface area contributed by atoms with Crippen LogP contribution in [-0.4, -0.2) is 21.4 Å². The first-order valence-electron chi connectivity index (χ1n) is 8.25. The van der Waals surface area contributed by atoms with Crippen LogP contribution in [-0.2, 0) is 20.3 Å². The van der Waals surface area contributed by atoms with Gasteiger partial charge >= 0.3 is 5.97 Å². The Kier molecular flexibility index (Phi) is 3.30. The number of benzene rings is 3. The Labute approximate surface area is 151 Å². The number of phenols is 1. The van der Waals surface area contributed by atoms with Crippen molar-refractivity contribution < 1.29 is 23.6 Å². The lowest BCUT2D eigenvalue weighted by atomic mass is 10.0. The zero-order valence-electron chi connectivity index (χ0n) is 13.5. The summed E-state index contributed by atoms with van der Waals surface area (Å²) in [5.41, 5.74) is 0.513. The molecule has 0 saturated carbocycles. The SMILES string of the molecule is O=C1C[C@H]2Oc3c(c([S@](=O)c4ccccc4)c(O)c4ccccc34)[C@H]2O1. The molecule has 5 nitrogen and oxygen atoms in total. The summed E-state index contributed by atoms with van der Waals surface area (Å²) in [6.07, 6.45) is -0.948. The van der Waals surface area contributed by atoms with Crippen molar-refractivity contribution in [3.05, 3.63) is 60.2 Å². The number of hydrogen-bond acceptors (Lipinski definition) is 5. The molecule has 0 aliphatic carbocycles. The quantitative estimate of drug-likeness (QED) is 0.703. The Morgan fingerprint density at radius 3 is 2.42 bits per heavy atom. The average Bonchev–Trinajstić information content (AvgIpc) is 3.19. The second-order valence-electron chi connectivity index (χ2n) is 6.32. The first-order chi connectivity index (χ1) is 12.6. The molecule has 1 fully saturated rings. The van der Waals surface area contributed by atoms with Gasteiger partial charge in [-0.05, 0) is 12.1 Å². The van der Waals surface area contributed by atoms with Crippen LogP contribution < -0.4 is 4.74 Å². The minimum Gasteiger partial charge on any atom is -0.506 e. The normalized spacial score (nSPS) is 21.8. The van der Waals surface area contributed by atoms with Gasteiger partial charge in [0.15, 0.2) is 12.2 Å². The number of esters is 1. The van der Waals surface area contributed by atoms with Crippen LogP contribution in [0.5, 0.6) is 11.5 Å². The number of aromatic hydroxyl groups is 1. The molecule has 2 heterocycles. The minimum absolute atomic E-state index is 0.0614. The third-order valence-corrected chi connectivity index (χ3v) is 6.28. The predicted octanol–water partition coefficient (Wildman–Crippen LogP) is 3.46. The van der Waals surface area contributed by atoms with Gasteiger partial charge in [-0.25, -0.2) is 4.21 Å². The maximum atomic E-state index is 13.3. The summed E-state index contributed by atoms with van der Waals surface area (Å²) in [6, 6.07) is 16.2. The molecule has 2 aliphatic heterocycles. The second-order valence-corrected chi connectivity index (χ2v) is 7.74. The number of carbonyl (C=O) groups is 1. The van der Waals surface area contributed by atoms with Crippen molar-refractivity contribution in [3.8, 4) is 11.5 Å². The molecule has 2 aliphatic rings. The number of hydrogen-bond donors (Lipinski definition) is 1. The molecule has 3 atom stereocenters. The van der Waals surface area contributed by atoms with Crippen LogP contribution in [0.4, 0.5) is 0 Å². The number of fused-ring (bicyclic) bond motifs is 5. The third-order valence-electron chi connectivity index (χ3n) is 4.79. The molecule has 5 rings (SSSR count). The van der Waals surface area contributed by atoms with Crippen molar-refractivity contribution in [1.29, 1.82) is 0 Å². The second kappa shape index (κ2) is 5.57. The Morgan fingerprint density at radius 1 is 0.962 bits per heavy atom. The fourth-order valence-electron chi connectivity index (χ4n) is 3.66. The maximum absolute atomic E-state index is 13.3. The molecular weight excluding hydrogens is 352 g/mol. The fourth-order valence-corrected chi connectivity index (χ4v) is 4.99. The summed E-state index contributed by atoms with van der Waals surface area (Å²) in [5, 5.41) is 12.2. The molecule has 0 bridgehead atoms. The van der Waals surface area contributed by atoms with Crippen molar-refractivity contribution in [2.45, 2.75) is 28.4 Å². The molecule has 0 unspecified atom stereocenters. The molecule has 26 heavy (non-hydrogen) atoms. The summed E-state index contributed by atoms with van der Waals surface area (Å²) >= 11 is 0. The highest BCUT2D eigenvalue weighted by Gasteiger charge is 2.48. The number of carbonyl (C=O) groups excluding carboxylic acids is 1. The predicted molar refractivity (Wildman–Crippen MR) is 94.6 cm³/mol. The topological polar surface area (TPSA) is 72.8 Å². The van der Waals surface area contributed by atoms with E-state index in [1.54, 1.807) is 36.4 Å². The van der Waals surface area contributed by atoms with E-state index < -0.39 is 23.0 Å².